The Kier molecular flexibility index (Phi) is 10.9. The lowest BCUT2D eigenvalue weighted by molar-refractivity contribution is -0.238. The minimum atomic E-state index is -2.30. The number of hydroxylamine groups is 1. The first-order valence-electron chi connectivity index (χ1n) is 12.7. The van der Waals surface area contributed by atoms with Gasteiger partial charge in [0.15, 0.2) is 24.6 Å². The standard InChI is InChI=1S/C29H24Cl3FN2O8/c30-29(31,32)28(34)43-35-24-23(42-27(38)19-14-8-3-9-15-19)22(41-26(37)18-12-6-2-7-13-18)21(33)20(40-24)16-39-25(36)17-10-4-1-5-11-17/h1-15,20-24,34-35H,16H2. The second-order valence-corrected chi connectivity index (χ2v) is 11.3. The van der Waals surface area contributed by atoms with Crippen LogP contribution in [0.25, 0.3) is 0 Å². The van der Waals surface area contributed by atoms with E-state index in [0.717, 1.165) is 0 Å². The van der Waals surface area contributed by atoms with Crippen molar-refractivity contribution >= 4 is 58.6 Å². The molecule has 2 N–H and O–H groups in total. The summed E-state index contributed by atoms with van der Waals surface area (Å²) in [5.74, 6) is -3.53. The van der Waals surface area contributed by atoms with Crippen LogP contribution in [-0.4, -0.2) is 64.9 Å². The third-order valence-corrected chi connectivity index (χ3v) is 6.56. The lowest BCUT2D eigenvalue weighted by Crippen LogP contribution is -2.64. The first kappa shape index (κ1) is 32.2. The van der Waals surface area contributed by atoms with Crippen molar-refractivity contribution in [2.75, 3.05) is 6.61 Å². The van der Waals surface area contributed by atoms with Gasteiger partial charge in [0.25, 0.3) is 9.69 Å². The largest absolute Gasteiger partial charge is 0.459 e. The molecule has 0 radical (unpaired) electrons. The number of carbonyl (C=O) groups is 3. The van der Waals surface area contributed by atoms with Crippen molar-refractivity contribution in [3.05, 3.63) is 108 Å². The van der Waals surface area contributed by atoms with Gasteiger partial charge >= 0.3 is 17.9 Å². The lowest BCUT2D eigenvalue weighted by atomic mass is 9.98. The zero-order valence-electron chi connectivity index (χ0n) is 22.0. The van der Waals surface area contributed by atoms with E-state index in [-0.39, 0.29) is 16.7 Å². The summed E-state index contributed by atoms with van der Waals surface area (Å²) >= 11 is 17.1. The molecular weight excluding hydrogens is 630 g/mol. The summed E-state index contributed by atoms with van der Waals surface area (Å²) in [6, 6.07) is 23.4. The minimum absolute atomic E-state index is 0.0834. The summed E-state index contributed by atoms with van der Waals surface area (Å²) in [6.45, 7) is -0.645. The van der Waals surface area contributed by atoms with Crippen LogP contribution in [0.2, 0.25) is 0 Å². The topological polar surface area (TPSA) is 133 Å². The number of nitrogens with one attached hydrogen (secondary N) is 2. The predicted molar refractivity (Wildman–Crippen MR) is 154 cm³/mol. The molecule has 10 nitrogen and oxygen atoms in total. The van der Waals surface area contributed by atoms with Crippen molar-refractivity contribution in [3.63, 3.8) is 0 Å². The smallest absolute Gasteiger partial charge is 0.338 e. The summed E-state index contributed by atoms with van der Waals surface area (Å²) in [6.07, 6.45) is -8.91. The van der Waals surface area contributed by atoms with E-state index in [1.165, 1.54) is 36.4 Å². The molecule has 1 heterocycles. The first-order valence-corrected chi connectivity index (χ1v) is 13.8. The maximum absolute atomic E-state index is 16.1. The van der Waals surface area contributed by atoms with E-state index in [1.807, 2.05) is 0 Å². The van der Waals surface area contributed by atoms with Gasteiger partial charge in [-0.15, -0.1) is 5.48 Å². The summed E-state index contributed by atoms with van der Waals surface area (Å²) < 4.78 is 35.9. The van der Waals surface area contributed by atoms with Gasteiger partial charge in [-0.05, 0) is 36.4 Å². The molecule has 0 saturated carbocycles. The molecule has 0 spiro atoms. The molecule has 1 fully saturated rings. The van der Waals surface area contributed by atoms with Crippen LogP contribution in [0.4, 0.5) is 4.39 Å². The molecule has 5 atom stereocenters. The summed E-state index contributed by atoms with van der Waals surface area (Å²) in [5, 5.41) is 7.83. The van der Waals surface area contributed by atoms with E-state index < -0.39 is 64.9 Å². The van der Waals surface area contributed by atoms with Crippen LogP contribution in [0.3, 0.4) is 0 Å². The number of carbonyl (C=O) groups excluding carboxylic acids is 3. The highest BCUT2D eigenvalue weighted by Crippen LogP contribution is 2.31. The van der Waals surface area contributed by atoms with Crippen LogP contribution in [0, 0.1) is 5.41 Å². The molecule has 0 aromatic heterocycles. The number of ether oxygens (including phenoxy) is 4. The number of alkyl halides is 4. The quantitative estimate of drug-likeness (QED) is 0.0796. The molecule has 4 rings (SSSR count). The summed E-state index contributed by atoms with van der Waals surface area (Å²) in [4.78, 5) is 43.6. The van der Waals surface area contributed by atoms with Crippen LogP contribution >= 0.6 is 34.8 Å². The SMILES string of the molecule is N=C(ONC1OC(COC(=O)c2ccccc2)C(F)C(OC(=O)c2ccccc2)C1OC(=O)c1ccccc1)C(Cl)(Cl)Cl. The van der Waals surface area contributed by atoms with Gasteiger partial charge in [-0.1, -0.05) is 89.4 Å². The molecule has 3 aromatic carbocycles. The van der Waals surface area contributed by atoms with Crippen LogP contribution in [-0.2, 0) is 23.8 Å². The van der Waals surface area contributed by atoms with Crippen LogP contribution in [0.1, 0.15) is 31.1 Å². The second kappa shape index (κ2) is 14.6. The van der Waals surface area contributed by atoms with Crippen molar-refractivity contribution in [2.45, 2.75) is 34.5 Å². The summed E-state index contributed by atoms with van der Waals surface area (Å²) in [5.41, 5.74) is 2.65. The van der Waals surface area contributed by atoms with Crippen molar-refractivity contribution in [1.82, 2.24) is 5.48 Å². The first-order chi connectivity index (χ1) is 20.5. The Bertz CT molecular complexity index is 1410. The highest BCUT2D eigenvalue weighted by Gasteiger charge is 2.52. The Labute approximate surface area is 260 Å². The fourth-order valence-electron chi connectivity index (χ4n) is 3.91. The van der Waals surface area contributed by atoms with Crippen LogP contribution in [0.15, 0.2) is 91.0 Å². The molecule has 5 unspecified atom stereocenters. The van der Waals surface area contributed by atoms with Crippen molar-refractivity contribution < 1.29 is 42.6 Å². The summed E-state index contributed by atoms with van der Waals surface area (Å²) in [7, 11) is 0. The normalized spacial score (nSPS) is 21.7. The molecule has 1 aliphatic heterocycles. The van der Waals surface area contributed by atoms with Crippen molar-refractivity contribution in [3.8, 4) is 0 Å². The fourth-order valence-corrected chi connectivity index (χ4v) is 4.03. The average molecular weight is 654 g/mol. The molecule has 1 aliphatic rings. The van der Waals surface area contributed by atoms with Gasteiger partial charge in [0, 0.05) is 0 Å². The number of hydrogen-bond donors (Lipinski definition) is 2. The molecular formula is C29H24Cl3FN2O8. The Morgan fingerprint density at radius 1 is 0.767 bits per heavy atom. The van der Waals surface area contributed by atoms with E-state index in [9.17, 15) is 14.4 Å². The van der Waals surface area contributed by atoms with Gasteiger partial charge in [-0.2, -0.15) is 0 Å². The van der Waals surface area contributed by atoms with Crippen LogP contribution in [0.5, 0.6) is 0 Å². The Hall–Kier alpha value is -3.74. The Balaban J connectivity index is 1.63. The van der Waals surface area contributed by atoms with Crippen molar-refractivity contribution in [2.24, 2.45) is 0 Å². The Morgan fingerprint density at radius 2 is 1.21 bits per heavy atom. The van der Waals surface area contributed by atoms with E-state index >= 15 is 4.39 Å². The number of hydrogen-bond acceptors (Lipinski definition) is 10. The maximum atomic E-state index is 16.1. The lowest BCUT2D eigenvalue weighted by Gasteiger charge is -2.42. The monoisotopic (exact) mass is 652 g/mol. The number of halogens is 4. The van der Waals surface area contributed by atoms with Gasteiger partial charge in [0.2, 0.25) is 0 Å². The molecule has 1 saturated heterocycles. The zero-order valence-corrected chi connectivity index (χ0v) is 24.3. The van der Waals surface area contributed by atoms with Gasteiger partial charge in [-0.25, -0.2) is 18.8 Å². The molecule has 226 valence electrons. The molecule has 14 heteroatoms. The highest BCUT2D eigenvalue weighted by atomic mass is 35.6. The van der Waals surface area contributed by atoms with Gasteiger partial charge in [0.05, 0.1) is 16.7 Å². The van der Waals surface area contributed by atoms with E-state index in [1.54, 1.807) is 54.6 Å². The van der Waals surface area contributed by atoms with E-state index in [0.29, 0.717) is 0 Å². The second-order valence-electron chi connectivity index (χ2n) is 9.02. The highest BCUT2D eigenvalue weighted by molar-refractivity contribution is 6.76. The van der Waals surface area contributed by atoms with Gasteiger partial charge < -0.3 is 23.8 Å². The maximum Gasteiger partial charge on any atom is 0.338 e. The third-order valence-electron chi connectivity index (χ3n) is 6.04. The minimum Gasteiger partial charge on any atom is -0.459 e. The number of benzene rings is 3. The van der Waals surface area contributed by atoms with Crippen LogP contribution < -0.4 is 5.48 Å². The van der Waals surface area contributed by atoms with E-state index in [4.69, 9.17) is 64.0 Å². The van der Waals surface area contributed by atoms with Gasteiger partial charge in [0.1, 0.15) is 12.7 Å². The third kappa shape index (κ3) is 8.65. The fraction of sp³-hybridized carbons (Fsp3) is 0.241. The van der Waals surface area contributed by atoms with E-state index in [2.05, 4.69) is 5.48 Å². The average Bonchev–Trinajstić information content (AvgIpc) is 3.02. The van der Waals surface area contributed by atoms with Gasteiger partial charge in [-0.3, -0.25) is 5.41 Å². The number of rotatable bonds is 9. The molecule has 0 amide bonds. The molecule has 3 aromatic rings. The predicted octanol–water partition coefficient (Wildman–Crippen LogP) is 5.23. The molecule has 0 aliphatic carbocycles. The molecule has 43 heavy (non-hydrogen) atoms. The Morgan fingerprint density at radius 3 is 1.67 bits per heavy atom. The molecule has 0 bridgehead atoms. The number of esters is 3. The van der Waals surface area contributed by atoms with Crippen molar-refractivity contribution in [1.29, 1.82) is 5.41 Å². The zero-order chi connectivity index (χ0) is 31.0.